The first kappa shape index (κ1) is 17.8. The van der Waals surface area contributed by atoms with Gasteiger partial charge in [-0.05, 0) is 37.1 Å². The molecule has 2 heterocycles. The number of hydrogen-bond donors (Lipinski definition) is 1. The summed E-state index contributed by atoms with van der Waals surface area (Å²) in [7, 11) is 1.65. The molecule has 0 unspecified atom stereocenters. The number of carbonyl (C=O) groups excluding carboxylic acids is 2. The predicted octanol–water partition coefficient (Wildman–Crippen LogP) is 2.01. The van der Waals surface area contributed by atoms with Gasteiger partial charge in [0.05, 0.1) is 7.11 Å². The Morgan fingerprint density at radius 3 is 2.48 bits per heavy atom. The first-order valence-corrected chi connectivity index (χ1v) is 9.96. The number of carbonyl (C=O) groups is 2. The van der Waals surface area contributed by atoms with Crippen LogP contribution in [-0.4, -0.2) is 61.0 Å². The number of nitrogens with one attached hydrogen (secondary N) is 1. The topological polar surface area (TPSA) is 74.8 Å². The lowest BCUT2D eigenvalue weighted by Crippen LogP contribution is -2.48. The Labute approximate surface area is 161 Å². The van der Waals surface area contributed by atoms with Crippen molar-refractivity contribution in [2.45, 2.75) is 18.9 Å². The van der Waals surface area contributed by atoms with E-state index in [9.17, 15) is 9.59 Å². The van der Waals surface area contributed by atoms with Crippen LogP contribution < -0.4 is 15.0 Å². The van der Waals surface area contributed by atoms with Crippen LogP contribution in [0.15, 0.2) is 29.6 Å². The van der Waals surface area contributed by atoms with Gasteiger partial charge in [-0.2, -0.15) is 0 Å². The van der Waals surface area contributed by atoms with E-state index in [1.807, 2.05) is 24.3 Å². The van der Waals surface area contributed by atoms with E-state index in [0.717, 1.165) is 37.4 Å². The van der Waals surface area contributed by atoms with Gasteiger partial charge in [-0.3, -0.25) is 9.59 Å². The van der Waals surface area contributed by atoms with Crippen molar-refractivity contribution in [1.29, 1.82) is 0 Å². The molecule has 1 aliphatic heterocycles. The van der Waals surface area contributed by atoms with Crippen LogP contribution in [0.25, 0.3) is 0 Å². The molecule has 2 amide bonds. The number of rotatable bonds is 5. The lowest BCUT2D eigenvalue weighted by molar-refractivity contribution is 0.0741. The highest BCUT2D eigenvalue weighted by molar-refractivity contribution is 7.11. The Morgan fingerprint density at radius 2 is 1.85 bits per heavy atom. The smallest absolute Gasteiger partial charge is 0.280 e. The Balaban J connectivity index is 1.34. The minimum absolute atomic E-state index is 0.105. The Bertz CT molecular complexity index is 824. The third-order valence-electron chi connectivity index (χ3n) is 4.83. The zero-order valence-electron chi connectivity index (χ0n) is 15.2. The average molecular weight is 386 g/mol. The molecule has 1 aromatic carbocycles. The first-order valence-electron chi connectivity index (χ1n) is 9.08. The van der Waals surface area contributed by atoms with E-state index in [1.54, 1.807) is 17.4 Å². The van der Waals surface area contributed by atoms with Gasteiger partial charge >= 0.3 is 0 Å². The molecule has 27 heavy (non-hydrogen) atoms. The summed E-state index contributed by atoms with van der Waals surface area (Å²) in [5.41, 5.74) is 1.48. The minimum Gasteiger partial charge on any atom is -0.497 e. The number of thiazole rings is 1. The van der Waals surface area contributed by atoms with Gasteiger partial charge in [0, 0.05) is 43.3 Å². The number of anilines is 1. The van der Waals surface area contributed by atoms with E-state index < -0.39 is 0 Å². The molecule has 0 bridgehead atoms. The number of ether oxygens (including phenoxy) is 1. The van der Waals surface area contributed by atoms with Crippen molar-refractivity contribution in [1.82, 2.24) is 15.2 Å². The van der Waals surface area contributed by atoms with Crippen molar-refractivity contribution in [2.75, 3.05) is 38.2 Å². The largest absolute Gasteiger partial charge is 0.497 e. The third kappa shape index (κ3) is 4.05. The van der Waals surface area contributed by atoms with Gasteiger partial charge < -0.3 is 19.9 Å². The quantitative estimate of drug-likeness (QED) is 0.851. The molecule has 1 aromatic heterocycles. The molecule has 1 saturated carbocycles. The summed E-state index contributed by atoms with van der Waals surface area (Å²) in [5.74, 6) is 0.551. The summed E-state index contributed by atoms with van der Waals surface area (Å²) in [5, 5.41) is 4.95. The maximum atomic E-state index is 12.7. The molecule has 8 heteroatoms. The number of aromatic nitrogens is 1. The summed E-state index contributed by atoms with van der Waals surface area (Å²) in [4.78, 5) is 33.1. The molecule has 1 saturated heterocycles. The van der Waals surface area contributed by atoms with Gasteiger partial charge in [-0.25, -0.2) is 4.98 Å². The minimum atomic E-state index is -0.175. The summed E-state index contributed by atoms with van der Waals surface area (Å²) in [6.45, 7) is 2.78. The van der Waals surface area contributed by atoms with E-state index >= 15 is 0 Å². The van der Waals surface area contributed by atoms with Crippen molar-refractivity contribution < 1.29 is 14.3 Å². The van der Waals surface area contributed by atoms with Crippen molar-refractivity contribution >= 4 is 28.8 Å². The molecule has 1 aliphatic carbocycles. The fourth-order valence-electron chi connectivity index (χ4n) is 3.07. The van der Waals surface area contributed by atoms with E-state index in [1.165, 1.54) is 11.3 Å². The molecule has 0 radical (unpaired) electrons. The van der Waals surface area contributed by atoms with Crippen LogP contribution in [-0.2, 0) is 0 Å². The molecule has 0 atom stereocenters. The Morgan fingerprint density at radius 1 is 1.15 bits per heavy atom. The normalized spacial score (nSPS) is 16.9. The first-order chi connectivity index (χ1) is 13.1. The second kappa shape index (κ2) is 7.56. The van der Waals surface area contributed by atoms with Crippen LogP contribution in [0.3, 0.4) is 0 Å². The molecule has 142 valence electrons. The molecule has 2 aliphatic rings. The summed E-state index contributed by atoms with van der Waals surface area (Å²) in [6, 6.07) is 8.22. The van der Waals surface area contributed by atoms with Crippen LogP contribution >= 0.6 is 11.3 Å². The van der Waals surface area contributed by atoms with Gasteiger partial charge in [0.1, 0.15) is 11.4 Å². The molecule has 7 nitrogen and oxygen atoms in total. The van der Waals surface area contributed by atoms with Gasteiger partial charge in [-0.15, -0.1) is 11.3 Å². The van der Waals surface area contributed by atoms with Crippen molar-refractivity contribution in [3.05, 3.63) is 40.3 Å². The molecule has 2 aromatic rings. The van der Waals surface area contributed by atoms with Gasteiger partial charge in [0.2, 0.25) is 0 Å². The van der Waals surface area contributed by atoms with Crippen LogP contribution in [0.2, 0.25) is 0 Å². The zero-order chi connectivity index (χ0) is 18.8. The van der Waals surface area contributed by atoms with Crippen LogP contribution in [0.5, 0.6) is 5.75 Å². The van der Waals surface area contributed by atoms with Gasteiger partial charge in [0.25, 0.3) is 11.8 Å². The monoisotopic (exact) mass is 386 g/mol. The molecule has 2 fully saturated rings. The van der Waals surface area contributed by atoms with E-state index in [-0.39, 0.29) is 17.9 Å². The SMILES string of the molecule is COc1ccc(N2CCN(C(=O)c3csc(C(=O)NC4CC4)n3)CC2)cc1. The molecule has 4 rings (SSSR count). The lowest BCUT2D eigenvalue weighted by Gasteiger charge is -2.35. The maximum Gasteiger partial charge on any atom is 0.280 e. The third-order valence-corrected chi connectivity index (χ3v) is 5.68. The van der Waals surface area contributed by atoms with Crippen LogP contribution in [0.1, 0.15) is 33.1 Å². The standard InChI is InChI=1S/C19H22N4O3S/c1-26-15-6-4-14(5-7-15)22-8-10-23(11-9-22)19(25)16-12-27-18(21-16)17(24)20-13-2-3-13/h4-7,12-13H,2-3,8-11H2,1H3,(H,20,24). The highest BCUT2D eigenvalue weighted by Crippen LogP contribution is 2.22. The fourth-order valence-corrected chi connectivity index (χ4v) is 3.77. The van der Waals surface area contributed by atoms with E-state index in [0.29, 0.717) is 23.8 Å². The molecular formula is C19H22N4O3S. The second-order valence-electron chi connectivity index (χ2n) is 6.76. The zero-order valence-corrected chi connectivity index (χ0v) is 16.0. The average Bonchev–Trinajstić information content (AvgIpc) is 3.39. The second-order valence-corrected chi connectivity index (χ2v) is 7.62. The summed E-state index contributed by atoms with van der Waals surface area (Å²) < 4.78 is 5.19. The van der Waals surface area contributed by atoms with Crippen molar-refractivity contribution in [3.63, 3.8) is 0 Å². The van der Waals surface area contributed by atoms with Gasteiger partial charge in [-0.1, -0.05) is 0 Å². The summed E-state index contributed by atoms with van der Waals surface area (Å²) in [6.07, 6.45) is 2.06. The van der Waals surface area contributed by atoms with Crippen molar-refractivity contribution in [3.8, 4) is 5.75 Å². The fraction of sp³-hybridized carbons (Fsp3) is 0.421. The molecular weight excluding hydrogens is 364 g/mol. The predicted molar refractivity (Wildman–Crippen MR) is 104 cm³/mol. The number of amides is 2. The molecule has 0 spiro atoms. The maximum absolute atomic E-state index is 12.7. The number of nitrogens with zero attached hydrogens (tertiary/aromatic N) is 3. The van der Waals surface area contributed by atoms with E-state index in [4.69, 9.17) is 4.74 Å². The number of hydrogen-bond acceptors (Lipinski definition) is 6. The van der Waals surface area contributed by atoms with Crippen LogP contribution in [0.4, 0.5) is 5.69 Å². The Kier molecular flexibility index (Phi) is 4.98. The summed E-state index contributed by atoms with van der Waals surface area (Å²) >= 11 is 1.23. The highest BCUT2D eigenvalue weighted by atomic mass is 32.1. The van der Waals surface area contributed by atoms with Gasteiger partial charge in [0.15, 0.2) is 5.01 Å². The van der Waals surface area contributed by atoms with Crippen LogP contribution in [0, 0.1) is 0 Å². The number of benzene rings is 1. The van der Waals surface area contributed by atoms with Crippen molar-refractivity contribution in [2.24, 2.45) is 0 Å². The van der Waals surface area contributed by atoms with E-state index in [2.05, 4.69) is 15.2 Å². The molecule has 1 N–H and O–H groups in total. The number of piperazine rings is 1. The number of methoxy groups -OCH3 is 1. The highest BCUT2D eigenvalue weighted by Gasteiger charge is 2.27. The lowest BCUT2D eigenvalue weighted by atomic mass is 10.2. The Hall–Kier alpha value is -2.61.